The lowest BCUT2D eigenvalue weighted by atomic mass is 10.1. The predicted octanol–water partition coefficient (Wildman–Crippen LogP) is 4.30. The van der Waals surface area contributed by atoms with Crippen LogP contribution in [0.15, 0.2) is 48.5 Å². The molecule has 0 saturated carbocycles. The number of methoxy groups -OCH3 is 1. The maximum atomic E-state index is 12.3. The molecule has 2 aromatic carbocycles. The summed E-state index contributed by atoms with van der Waals surface area (Å²) in [6, 6.07) is 14.7. The third-order valence-corrected chi connectivity index (χ3v) is 3.87. The van der Waals surface area contributed by atoms with E-state index in [4.69, 9.17) is 16.3 Å². The lowest BCUT2D eigenvalue weighted by Crippen LogP contribution is -2.12. The first kappa shape index (κ1) is 16.1. The van der Waals surface area contributed by atoms with Crippen LogP contribution in [-0.4, -0.2) is 23.2 Å². The van der Waals surface area contributed by atoms with Crippen molar-refractivity contribution in [2.75, 3.05) is 12.4 Å². The largest absolute Gasteiger partial charge is 0.495 e. The number of rotatable bonds is 4. The van der Waals surface area contributed by atoms with Crippen molar-refractivity contribution < 1.29 is 9.53 Å². The Morgan fingerprint density at radius 3 is 2.58 bits per heavy atom. The standard InChI is InChI=1S/C18H16ClN3O2/c1-11-3-5-12(6-4-11)15-10-16(22-21-15)18(23)20-13-7-8-17(24-2)14(19)9-13/h3-10H,1-2H3,(H,20,23)(H,21,22). The fourth-order valence-corrected chi connectivity index (χ4v) is 2.51. The molecule has 5 nitrogen and oxygen atoms in total. The molecule has 0 aliphatic carbocycles. The summed E-state index contributed by atoms with van der Waals surface area (Å²) in [5, 5.41) is 10.2. The smallest absolute Gasteiger partial charge is 0.273 e. The lowest BCUT2D eigenvalue weighted by Gasteiger charge is -2.07. The summed E-state index contributed by atoms with van der Waals surface area (Å²) < 4.78 is 5.09. The third-order valence-electron chi connectivity index (χ3n) is 3.58. The van der Waals surface area contributed by atoms with E-state index >= 15 is 0 Å². The van der Waals surface area contributed by atoms with E-state index in [0.29, 0.717) is 27.8 Å². The zero-order valence-electron chi connectivity index (χ0n) is 13.3. The van der Waals surface area contributed by atoms with Gasteiger partial charge < -0.3 is 10.1 Å². The molecule has 0 atom stereocenters. The number of halogens is 1. The van der Waals surface area contributed by atoms with Crippen molar-refractivity contribution in [3.8, 4) is 17.0 Å². The molecular formula is C18H16ClN3O2. The van der Waals surface area contributed by atoms with Gasteiger partial charge in [-0.1, -0.05) is 41.4 Å². The van der Waals surface area contributed by atoms with E-state index in [2.05, 4.69) is 15.5 Å². The van der Waals surface area contributed by atoms with Crippen LogP contribution in [0.2, 0.25) is 5.02 Å². The van der Waals surface area contributed by atoms with E-state index in [-0.39, 0.29) is 5.91 Å². The molecule has 3 rings (SSSR count). The summed E-state index contributed by atoms with van der Waals surface area (Å²) in [6.07, 6.45) is 0. The molecule has 2 N–H and O–H groups in total. The molecule has 0 fully saturated rings. The van der Waals surface area contributed by atoms with Crippen LogP contribution in [0, 0.1) is 6.92 Å². The van der Waals surface area contributed by atoms with Crippen LogP contribution in [-0.2, 0) is 0 Å². The van der Waals surface area contributed by atoms with Gasteiger partial charge in [0.25, 0.3) is 5.91 Å². The molecule has 0 bridgehead atoms. The second kappa shape index (κ2) is 6.76. The molecule has 1 heterocycles. The van der Waals surface area contributed by atoms with Gasteiger partial charge in [0.2, 0.25) is 0 Å². The average molecular weight is 342 g/mol. The highest BCUT2D eigenvalue weighted by molar-refractivity contribution is 6.32. The van der Waals surface area contributed by atoms with Gasteiger partial charge >= 0.3 is 0 Å². The van der Waals surface area contributed by atoms with Crippen LogP contribution in [0.3, 0.4) is 0 Å². The van der Waals surface area contributed by atoms with Crippen molar-refractivity contribution in [2.45, 2.75) is 6.92 Å². The van der Waals surface area contributed by atoms with Crippen LogP contribution >= 0.6 is 11.6 Å². The second-order valence-electron chi connectivity index (χ2n) is 5.34. The summed E-state index contributed by atoms with van der Waals surface area (Å²) >= 11 is 6.06. The molecule has 6 heteroatoms. The molecule has 1 amide bonds. The number of amides is 1. The number of ether oxygens (including phenoxy) is 1. The summed E-state index contributed by atoms with van der Waals surface area (Å²) in [4.78, 5) is 12.3. The summed E-state index contributed by atoms with van der Waals surface area (Å²) in [5.74, 6) is 0.264. The number of H-pyrrole nitrogens is 1. The van der Waals surface area contributed by atoms with Crippen molar-refractivity contribution in [2.24, 2.45) is 0 Å². The number of anilines is 1. The minimum absolute atomic E-state index is 0.290. The van der Waals surface area contributed by atoms with Gasteiger partial charge in [0.1, 0.15) is 11.4 Å². The van der Waals surface area contributed by atoms with Crippen molar-refractivity contribution in [1.29, 1.82) is 0 Å². The quantitative estimate of drug-likeness (QED) is 0.743. The Balaban J connectivity index is 1.76. The van der Waals surface area contributed by atoms with E-state index in [9.17, 15) is 4.79 Å². The molecule has 24 heavy (non-hydrogen) atoms. The highest BCUT2D eigenvalue weighted by atomic mass is 35.5. The highest BCUT2D eigenvalue weighted by Gasteiger charge is 2.12. The fourth-order valence-electron chi connectivity index (χ4n) is 2.25. The number of carbonyl (C=O) groups is 1. The number of nitrogens with zero attached hydrogens (tertiary/aromatic N) is 1. The van der Waals surface area contributed by atoms with Gasteiger partial charge in [0, 0.05) is 11.3 Å². The Hall–Kier alpha value is -2.79. The second-order valence-corrected chi connectivity index (χ2v) is 5.74. The number of hydrogen-bond acceptors (Lipinski definition) is 3. The van der Waals surface area contributed by atoms with Crippen LogP contribution in [0.1, 0.15) is 16.1 Å². The van der Waals surface area contributed by atoms with E-state index in [1.807, 2.05) is 31.2 Å². The van der Waals surface area contributed by atoms with Crippen molar-refractivity contribution in [1.82, 2.24) is 10.2 Å². The SMILES string of the molecule is COc1ccc(NC(=O)c2cc(-c3ccc(C)cc3)n[nH]2)cc1Cl. The van der Waals surface area contributed by atoms with Gasteiger partial charge in [-0.15, -0.1) is 0 Å². The molecule has 0 aliphatic rings. The summed E-state index contributed by atoms with van der Waals surface area (Å²) in [7, 11) is 1.54. The number of carbonyl (C=O) groups excluding carboxylic acids is 1. The van der Waals surface area contributed by atoms with Gasteiger partial charge in [-0.2, -0.15) is 5.10 Å². The molecule has 0 saturated heterocycles. The molecule has 0 aliphatic heterocycles. The third kappa shape index (κ3) is 3.41. The minimum atomic E-state index is -0.290. The molecule has 0 unspecified atom stereocenters. The number of aromatic amines is 1. The topological polar surface area (TPSA) is 67.0 Å². The van der Waals surface area contributed by atoms with Crippen LogP contribution < -0.4 is 10.1 Å². The van der Waals surface area contributed by atoms with E-state index in [1.165, 1.54) is 12.7 Å². The van der Waals surface area contributed by atoms with Crippen LogP contribution in [0.25, 0.3) is 11.3 Å². The first-order chi connectivity index (χ1) is 11.6. The Bertz CT molecular complexity index is 872. The molecule has 122 valence electrons. The first-order valence-electron chi connectivity index (χ1n) is 7.34. The number of benzene rings is 2. The van der Waals surface area contributed by atoms with Crippen LogP contribution in [0.4, 0.5) is 5.69 Å². The zero-order chi connectivity index (χ0) is 17.1. The van der Waals surface area contributed by atoms with Crippen molar-refractivity contribution in [3.05, 3.63) is 64.8 Å². The molecule has 3 aromatic rings. The Morgan fingerprint density at radius 1 is 1.17 bits per heavy atom. The molecule has 0 radical (unpaired) electrons. The highest BCUT2D eigenvalue weighted by Crippen LogP contribution is 2.27. The summed E-state index contributed by atoms with van der Waals surface area (Å²) in [5.41, 5.74) is 3.79. The van der Waals surface area contributed by atoms with Gasteiger partial charge in [0.15, 0.2) is 0 Å². The van der Waals surface area contributed by atoms with Gasteiger partial charge in [-0.25, -0.2) is 0 Å². The average Bonchev–Trinajstić information content (AvgIpc) is 3.06. The normalized spacial score (nSPS) is 10.5. The maximum Gasteiger partial charge on any atom is 0.273 e. The van der Waals surface area contributed by atoms with Gasteiger partial charge in [-0.3, -0.25) is 9.89 Å². The van der Waals surface area contributed by atoms with E-state index < -0.39 is 0 Å². The van der Waals surface area contributed by atoms with Crippen molar-refractivity contribution >= 4 is 23.2 Å². The maximum absolute atomic E-state index is 12.3. The Morgan fingerprint density at radius 2 is 1.92 bits per heavy atom. The Labute approximate surface area is 144 Å². The first-order valence-corrected chi connectivity index (χ1v) is 7.72. The Kier molecular flexibility index (Phi) is 4.53. The van der Waals surface area contributed by atoms with Crippen molar-refractivity contribution in [3.63, 3.8) is 0 Å². The molecular weight excluding hydrogens is 326 g/mol. The fraction of sp³-hybridized carbons (Fsp3) is 0.111. The zero-order valence-corrected chi connectivity index (χ0v) is 14.0. The van der Waals surface area contributed by atoms with Gasteiger partial charge in [-0.05, 0) is 31.2 Å². The number of aromatic nitrogens is 2. The number of hydrogen-bond donors (Lipinski definition) is 2. The number of nitrogens with one attached hydrogen (secondary N) is 2. The summed E-state index contributed by atoms with van der Waals surface area (Å²) in [6.45, 7) is 2.02. The predicted molar refractivity (Wildman–Crippen MR) is 94.7 cm³/mol. The molecule has 1 aromatic heterocycles. The number of aryl methyl sites for hydroxylation is 1. The van der Waals surface area contributed by atoms with E-state index in [0.717, 1.165) is 5.56 Å². The molecule has 0 spiro atoms. The van der Waals surface area contributed by atoms with E-state index in [1.54, 1.807) is 24.3 Å². The lowest BCUT2D eigenvalue weighted by molar-refractivity contribution is 0.102. The van der Waals surface area contributed by atoms with Crippen LogP contribution in [0.5, 0.6) is 5.75 Å². The van der Waals surface area contributed by atoms with Gasteiger partial charge in [0.05, 0.1) is 17.8 Å². The monoisotopic (exact) mass is 341 g/mol. The minimum Gasteiger partial charge on any atom is -0.495 e.